The van der Waals surface area contributed by atoms with E-state index < -0.39 is 0 Å². The molecule has 0 aromatic heterocycles. The zero-order chi connectivity index (χ0) is 12.1. The highest BCUT2D eigenvalue weighted by Crippen LogP contribution is 2.28. The second kappa shape index (κ2) is 6.33. The van der Waals surface area contributed by atoms with Crippen LogP contribution in [0.1, 0.15) is 30.4 Å². The van der Waals surface area contributed by atoms with E-state index in [1.54, 1.807) is 13.2 Å². The predicted octanol–water partition coefficient (Wildman–Crippen LogP) is 3.19. The smallest absolute Gasteiger partial charge is 0.140 e. The van der Waals surface area contributed by atoms with Gasteiger partial charge in [-0.2, -0.15) is 0 Å². The lowest BCUT2D eigenvalue weighted by Crippen LogP contribution is -2.07. The van der Waals surface area contributed by atoms with E-state index in [9.17, 15) is 4.39 Å². The predicted molar refractivity (Wildman–Crippen MR) is 66.9 cm³/mol. The number of halogens is 2. The van der Waals surface area contributed by atoms with E-state index in [1.807, 2.05) is 13.0 Å². The highest BCUT2D eigenvalue weighted by Gasteiger charge is 2.14. The van der Waals surface area contributed by atoms with E-state index in [0.717, 1.165) is 12.0 Å². The first-order chi connectivity index (χ1) is 7.60. The monoisotopic (exact) mass is 289 g/mol. The van der Waals surface area contributed by atoms with Gasteiger partial charge >= 0.3 is 0 Å². The van der Waals surface area contributed by atoms with Crippen LogP contribution < -0.4 is 5.73 Å². The van der Waals surface area contributed by atoms with Gasteiger partial charge in [-0.05, 0) is 52.0 Å². The Kier molecular flexibility index (Phi) is 5.38. The van der Waals surface area contributed by atoms with Crippen LogP contribution in [0.4, 0.5) is 4.39 Å². The molecule has 1 unspecified atom stereocenters. The lowest BCUT2D eigenvalue weighted by molar-refractivity contribution is 0.184. The van der Waals surface area contributed by atoms with Crippen LogP contribution in [0.2, 0.25) is 0 Å². The van der Waals surface area contributed by atoms with E-state index in [-0.39, 0.29) is 11.7 Å². The van der Waals surface area contributed by atoms with Crippen LogP contribution in [0.3, 0.4) is 0 Å². The first-order valence-electron chi connectivity index (χ1n) is 5.27. The number of benzene rings is 1. The normalized spacial score (nSPS) is 12.8. The van der Waals surface area contributed by atoms with Crippen LogP contribution in [0.25, 0.3) is 0 Å². The Bertz CT molecular complexity index is 357. The number of methoxy groups -OCH3 is 1. The fourth-order valence-electron chi connectivity index (χ4n) is 1.68. The maximum absolute atomic E-state index is 13.9. The van der Waals surface area contributed by atoms with Crippen molar-refractivity contribution in [1.29, 1.82) is 0 Å². The van der Waals surface area contributed by atoms with Crippen molar-refractivity contribution in [3.63, 3.8) is 0 Å². The maximum Gasteiger partial charge on any atom is 0.140 e. The lowest BCUT2D eigenvalue weighted by Gasteiger charge is -2.14. The summed E-state index contributed by atoms with van der Waals surface area (Å²) < 4.78 is 19.4. The fourth-order valence-corrected chi connectivity index (χ4v) is 2.21. The molecule has 0 bridgehead atoms. The fraction of sp³-hybridized carbons (Fsp3) is 0.500. The molecule has 0 fully saturated rings. The minimum Gasteiger partial charge on any atom is -0.380 e. The Morgan fingerprint density at radius 2 is 2.19 bits per heavy atom. The summed E-state index contributed by atoms with van der Waals surface area (Å²) in [5.74, 6) is -0.0705. The summed E-state index contributed by atoms with van der Waals surface area (Å²) >= 11 is 3.22. The molecule has 0 spiro atoms. The molecule has 0 amide bonds. The van der Waals surface area contributed by atoms with Crippen molar-refractivity contribution in [2.75, 3.05) is 13.7 Å². The van der Waals surface area contributed by atoms with Gasteiger partial charge in [-0.1, -0.05) is 13.0 Å². The number of ether oxygens (including phenoxy) is 1. The van der Waals surface area contributed by atoms with E-state index in [2.05, 4.69) is 15.9 Å². The molecule has 0 aliphatic carbocycles. The SMILES string of the molecule is COCc1cc(Br)c(F)c(C(C)CCN)c1. The van der Waals surface area contributed by atoms with Gasteiger partial charge in [0, 0.05) is 7.11 Å². The van der Waals surface area contributed by atoms with Crippen LogP contribution in [-0.4, -0.2) is 13.7 Å². The summed E-state index contributed by atoms with van der Waals surface area (Å²) in [6, 6.07) is 3.60. The molecule has 2 nitrogen and oxygen atoms in total. The lowest BCUT2D eigenvalue weighted by atomic mass is 9.95. The minimum absolute atomic E-state index is 0.123. The summed E-state index contributed by atoms with van der Waals surface area (Å²) in [7, 11) is 1.63. The third-order valence-corrected chi connectivity index (χ3v) is 3.13. The molecule has 0 saturated carbocycles. The molecule has 2 N–H and O–H groups in total. The van der Waals surface area contributed by atoms with E-state index in [0.29, 0.717) is 23.2 Å². The molecule has 0 heterocycles. The van der Waals surface area contributed by atoms with E-state index in [1.165, 1.54) is 0 Å². The summed E-state index contributed by atoms with van der Waals surface area (Å²) in [6.07, 6.45) is 0.778. The zero-order valence-electron chi connectivity index (χ0n) is 9.59. The summed E-state index contributed by atoms with van der Waals surface area (Å²) in [5, 5.41) is 0. The molecule has 0 aliphatic rings. The molecule has 1 atom stereocenters. The van der Waals surface area contributed by atoms with Crippen LogP contribution in [-0.2, 0) is 11.3 Å². The maximum atomic E-state index is 13.9. The van der Waals surface area contributed by atoms with Gasteiger partial charge in [0.25, 0.3) is 0 Å². The van der Waals surface area contributed by atoms with Crippen molar-refractivity contribution in [3.8, 4) is 0 Å². The first-order valence-corrected chi connectivity index (χ1v) is 6.06. The molecule has 0 radical (unpaired) electrons. The van der Waals surface area contributed by atoms with Gasteiger partial charge in [-0.25, -0.2) is 4.39 Å². The quantitative estimate of drug-likeness (QED) is 0.904. The second-order valence-corrected chi connectivity index (χ2v) is 4.75. The Balaban J connectivity index is 3.05. The Hall–Kier alpha value is -0.450. The molecule has 1 rings (SSSR count). The van der Waals surface area contributed by atoms with Crippen LogP contribution in [0, 0.1) is 5.82 Å². The molecular weight excluding hydrogens is 273 g/mol. The van der Waals surface area contributed by atoms with Gasteiger partial charge in [0.15, 0.2) is 0 Å². The molecule has 0 saturated heterocycles. The number of rotatable bonds is 5. The molecule has 90 valence electrons. The van der Waals surface area contributed by atoms with Crippen molar-refractivity contribution in [1.82, 2.24) is 0 Å². The number of nitrogens with two attached hydrogens (primary N) is 1. The van der Waals surface area contributed by atoms with Gasteiger partial charge < -0.3 is 10.5 Å². The van der Waals surface area contributed by atoms with Crippen LogP contribution in [0.15, 0.2) is 16.6 Å². The molecular formula is C12H17BrFNO. The van der Waals surface area contributed by atoms with Crippen LogP contribution in [0.5, 0.6) is 0 Å². The summed E-state index contributed by atoms with van der Waals surface area (Å²) in [5.41, 5.74) is 7.16. The van der Waals surface area contributed by atoms with E-state index in [4.69, 9.17) is 10.5 Å². The molecule has 0 aliphatic heterocycles. The van der Waals surface area contributed by atoms with Gasteiger partial charge in [0.2, 0.25) is 0 Å². The summed E-state index contributed by atoms with van der Waals surface area (Å²) in [6.45, 7) is 3.03. The average Bonchev–Trinajstić information content (AvgIpc) is 2.23. The van der Waals surface area contributed by atoms with Gasteiger partial charge in [0.05, 0.1) is 11.1 Å². The third kappa shape index (κ3) is 3.27. The van der Waals surface area contributed by atoms with Crippen molar-refractivity contribution in [3.05, 3.63) is 33.5 Å². The van der Waals surface area contributed by atoms with E-state index >= 15 is 0 Å². The minimum atomic E-state index is -0.194. The Morgan fingerprint density at radius 3 is 2.75 bits per heavy atom. The van der Waals surface area contributed by atoms with Crippen molar-refractivity contribution >= 4 is 15.9 Å². The van der Waals surface area contributed by atoms with Crippen LogP contribution >= 0.6 is 15.9 Å². The highest BCUT2D eigenvalue weighted by atomic mass is 79.9. The topological polar surface area (TPSA) is 35.2 Å². The highest BCUT2D eigenvalue weighted by molar-refractivity contribution is 9.10. The van der Waals surface area contributed by atoms with Gasteiger partial charge in [-0.3, -0.25) is 0 Å². The van der Waals surface area contributed by atoms with Crippen molar-refractivity contribution in [2.45, 2.75) is 25.9 Å². The first kappa shape index (κ1) is 13.6. The largest absolute Gasteiger partial charge is 0.380 e. The Morgan fingerprint density at radius 1 is 1.50 bits per heavy atom. The molecule has 4 heteroatoms. The van der Waals surface area contributed by atoms with Crippen molar-refractivity contribution in [2.24, 2.45) is 5.73 Å². The molecule has 16 heavy (non-hydrogen) atoms. The Labute approximate surface area is 104 Å². The second-order valence-electron chi connectivity index (χ2n) is 3.89. The van der Waals surface area contributed by atoms with Gasteiger partial charge in [0.1, 0.15) is 5.82 Å². The van der Waals surface area contributed by atoms with Gasteiger partial charge in [-0.15, -0.1) is 0 Å². The molecule has 1 aromatic carbocycles. The molecule has 1 aromatic rings. The summed E-state index contributed by atoms with van der Waals surface area (Å²) in [4.78, 5) is 0. The zero-order valence-corrected chi connectivity index (χ0v) is 11.2. The number of hydrogen-bond donors (Lipinski definition) is 1. The average molecular weight is 290 g/mol. The third-order valence-electron chi connectivity index (χ3n) is 2.56. The van der Waals surface area contributed by atoms with Crippen molar-refractivity contribution < 1.29 is 9.13 Å². The number of hydrogen-bond acceptors (Lipinski definition) is 2. The standard InChI is InChI=1S/C12H17BrFNO/c1-8(3-4-15)10-5-9(7-16-2)6-11(13)12(10)14/h5-6,8H,3-4,7,15H2,1-2H3.